The van der Waals surface area contributed by atoms with Gasteiger partial charge in [-0.25, -0.2) is 4.68 Å². The molecule has 4 aromatic rings. The van der Waals surface area contributed by atoms with Gasteiger partial charge in [0.05, 0.1) is 18.9 Å². The van der Waals surface area contributed by atoms with Gasteiger partial charge in [-0.05, 0) is 47.5 Å². The van der Waals surface area contributed by atoms with Crippen molar-refractivity contribution in [3.63, 3.8) is 0 Å². The molecule has 2 heterocycles. The molecule has 0 spiro atoms. The zero-order valence-corrected chi connectivity index (χ0v) is 20.0. The van der Waals surface area contributed by atoms with E-state index in [4.69, 9.17) is 4.74 Å². The highest BCUT2D eigenvalue weighted by atomic mass is 19.4. The monoisotopic (exact) mass is 524 g/mol. The van der Waals surface area contributed by atoms with Gasteiger partial charge in [0.2, 0.25) is 0 Å². The molecule has 2 aromatic carbocycles. The van der Waals surface area contributed by atoms with Crippen LogP contribution in [0.3, 0.4) is 0 Å². The highest BCUT2D eigenvalue weighted by molar-refractivity contribution is 5.94. The first-order valence-electron chi connectivity index (χ1n) is 11.5. The second-order valence-corrected chi connectivity index (χ2v) is 8.16. The SMILES string of the molecule is O=C(NCC(F)(F)F)c1ccc(-n2nnc(C(=O)NCc3ccncc3)c2COCc2ccccc2)cc1. The Kier molecular flexibility index (Phi) is 8.44. The van der Waals surface area contributed by atoms with Gasteiger partial charge in [-0.15, -0.1) is 5.10 Å². The number of hydrogen-bond donors (Lipinski definition) is 2. The van der Waals surface area contributed by atoms with Crippen LogP contribution in [0.1, 0.15) is 37.7 Å². The van der Waals surface area contributed by atoms with E-state index in [2.05, 4.69) is 20.6 Å². The Bertz CT molecular complexity index is 1360. The Balaban J connectivity index is 1.53. The van der Waals surface area contributed by atoms with Gasteiger partial charge in [0.15, 0.2) is 5.69 Å². The average molecular weight is 525 g/mol. The summed E-state index contributed by atoms with van der Waals surface area (Å²) in [5.74, 6) is -1.33. The van der Waals surface area contributed by atoms with Gasteiger partial charge in [0, 0.05) is 24.5 Å². The molecule has 0 unspecified atom stereocenters. The summed E-state index contributed by atoms with van der Waals surface area (Å²) in [7, 11) is 0. The summed E-state index contributed by atoms with van der Waals surface area (Å²) in [5.41, 5.74) is 2.68. The molecule has 2 amide bonds. The summed E-state index contributed by atoms with van der Waals surface area (Å²) in [6.45, 7) is -0.909. The minimum absolute atomic E-state index is 0.00623. The molecule has 0 saturated heterocycles. The molecule has 0 radical (unpaired) electrons. The van der Waals surface area contributed by atoms with Crippen molar-refractivity contribution >= 4 is 11.8 Å². The normalized spacial score (nSPS) is 11.2. The Morgan fingerprint density at radius 1 is 0.842 bits per heavy atom. The summed E-state index contributed by atoms with van der Waals surface area (Å²) >= 11 is 0. The number of amides is 2. The number of benzene rings is 2. The summed E-state index contributed by atoms with van der Waals surface area (Å²) in [4.78, 5) is 29.0. The minimum atomic E-state index is -4.51. The largest absolute Gasteiger partial charge is 0.405 e. The van der Waals surface area contributed by atoms with Crippen LogP contribution < -0.4 is 10.6 Å². The number of aromatic nitrogens is 4. The summed E-state index contributed by atoms with van der Waals surface area (Å²) in [6, 6.07) is 18.7. The first-order chi connectivity index (χ1) is 18.3. The fraction of sp³-hybridized carbons (Fsp3) is 0.192. The van der Waals surface area contributed by atoms with Crippen molar-refractivity contribution in [2.45, 2.75) is 25.9 Å². The van der Waals surface area contributed by atoms with E-state index in [1.807, 2.05) is 35.6 Å². The molecule has 0 bridgehead atoms. The number of halogens is 3. The van der Waals surface area contributed by atoms with E-state index in [0.29, 0.717) is 11.4 Å². The quantitative estimate of drug-likeness (QED) is 0.328. The van der Waals surface area contributed by atoms with Crippen LogP contribution in [-0.2, 0) is 24.5 Å². The predicted octanol–water partition coefficient (Wildman–Crippen LogP) is 3.60. The Morgan fingerprint density at radius 2 is 1.55 bits per heavy atom. The second kappa shape index (κ2) is 12.1. The van der Waals surface area contributed by atoms with Crippen LogP contribution in [0.4, 0.5) is 13.2 Å². The van der Waals surface area contributed by atoms with Gasteiger partial charge in [0.1, 0.15) is 12.2 Å². The molecule has 0 aliphatic rings. The lowest BCUT2D eigenvalue weighted by atomic mass is 10.2. The van der Waals surface area contributed by atoms with Gasteiger partial charge in [-0.3, -0.25) is 14.6 Å². The fourth-order valence-electron chi connectivity index (χ4n) is 3.46. The maximum Gasteiger partial charge on any atom is 0.405 e. The molecule has 0 aliphatic carbocycles. The standard InChI is InChI=1S/C26H23F3N6O3/c27-26(28,29)17-32-24(36)20-6-8-21(9-7-20)35-22(16-38-15-19-4-2-1-3-5-19)23(33-34-35)25(37)31-14-18-10-12-30-13-11-18/h1-13H,14-17H2,(H,31,37)(H,32,36). The average Bonchev–Trinajstić information content (AvgIpc) is 3.35. The Morgan fingerprint density at radius 3 is 2.24 bits per heavy atom. The third-order valence-electron chi connectivity index (χ3n) is 5.35. The van der Waals surface area contributed by atoms with E-state index < -0.39 is 24.5 Å². The molecular formula is C26H23F3N6O3. The van der Waals surface area contributed by atoms with E-state index in [1.165, 1.54) is 28.9 Å². The molecule has 0 fully saturated rings. The van der Waals surface area contributed by atoms with E-state index in [9.17, 15) is 22.8 Å². The predicted molar refractivity (Wildman–Crippen MR) is 130 cm³/mol. The summed E-state index contributed by atoms with van der Waals surface area (Å²) < 4.78 is 44.5. The molecule has 2 N–H and O–H groups in total. The third kappa shape index (κ3) is 7.23. The number of pyridine rings is 1. The van der Waals surface area contributed by atoms with E-state index in [-0.39, 0.29) is 31.0 Å². The molecule has 0 atom stereocenters. The first kappa shape index (κ1) is 26.5. The van der Waals surface area contributed by atoms with Crippen molar-refractivity contribution in [1.29, 1.82) is 0 Å². The molecule has 0 aliphatic heterocycles. The van der Waals surface area contributed by atoms with Crippen LogP contribution in [0.2, 0.25) is 0 Å². The number of hydrogen-bond acceptors (Lipinski definition) is 6. The Labute approximate surface area is 215 Å². The fourth-order valence-corrected chi connectivity index (χ4v) is 3.46. The molecule has 9 nitrogen and oxygen atoms in total. The van der Waals surface area contributed by atoms with Crippen molar-refractivity contribution in [2.24, 2.45) is 0 Å². The van der Waals surface area contributed by atoms with E-state index >= 15 is 0 Å². The van der Waals surface area contributed by atoms with Crippen LogP contribution in [0.5, 0.6) is 0 Å². The van der Waals surface area contributed by atoms with Crippen LogP contribution in [0.15, 0.2) is 79.1 Å². The molecule has 2 aromatic heterocycles. The van der Waals surface area contributed by atoms with Gasteiger partial charge >= 0.3 is 6.18 Å². The maximum absolute atomic E-state index is 13.0. The smallest absolute Gasteiger partial charge is 0.370 e. The second-order valence-electron chi connectivity index (χ2n) is 8.16. The molecule has 38 heavy (non-hydrogen) atoms. The van der Waals surface area contributed by atoms with Crippen LogP contribution >= 0.6 is 0 Å². The van der Waals surface area contributed by atoms with Crippen LogP contribution in [0.25, 0.3) is 5.69 Å². The van der Waals surface area contributed by atoms with E-state index in [0.717, 1.165) is 11.1 Å². The number of ether oxygens (including phenoxy) is 1. The van der Waals surface area contributed by atoms with Gasteiger partial charge in [-0.1, -0.05) is 35.5 Å². The first-order valence-corrected chi connectivity index (χ1v) is 11.5. The van der Waals surface area contributed by atoms with Crippen molar-refractivity contribution in [1.82, 2.24) is 30.6 Å². The minimum Gasteiger partial charge on any atom is -0.370 e. The van der Waals surface area contributed by atoms with Crippen LogP contribution in [-0.4, -0.2) is 44.5 Å². The van der Waals surface area contributed by atoms with Crippen molar-refractivity contribution in [3.8, 4) is 5.69 Å². The number of nitrogens with one attached hydrogen (secondary N) is 2. The molecule has 0 saturated carbocycles. The third-order valence-corrected chi connectivity index (χ3v) is 5.35. The lowest BCUT2D eigenvalue weighted by Crippen LogP contribution is -2.33. The number of alkyl halides is 3. The molecule has 4 rings (SSSR count). The van der Waals surface area contributed by atoms with Crippen molar-refractivity contribution in [3.05, 3.63) is 107 Å². The topological polar surface area (TPSA) is 111 Å². The summed E-state index contributed by atoms with van der Waals surface area (Å²) in [5, 5.41) is 12.8. The highest BCUT2D eigenvalue weighted by Gasteiger charge is 2.28. The summed E-state index contributed by atoms with van der Waals surface area (Å²) in [6.07, 6.45) is -1.28. The van der Waals surface area contributed by atoms with Gasteiger partial charge in [0.25, 0.3) is 11.8 Å². The van der Waals surface area contributed by atoms with Crippen LogP contribution in [0, 0.1) is 0 Å². The molecule has 196 valence electrons. The van der Waals surface area contributed by atoms with Crippen molar-refractivity contribution in [2.75, 3.05) is 6.54 Å². The molecular weight excluding hydrogens is 501 g/mol. The number of carbonyl (C=O) groups is 2. The number of carbonyl (C=O) groups excluding carboxylic acids is 2. The Hall–Kier alpha value is -4.58. The lowest BCUT2D eigenvalue weighted by Gasteiger charge is -2.11. The number of nitrogens with zero attached hydrogens (tertiary/aromatic N) is 4. The lowest BCUT2D eigenvalue weighted by molar-refractivity contribution is -0.123. The zero-order valence-electron chi connectivity index (χ0n) is 20.0. The number of rotatable bonds is 10. The van der Waals surface area contributed by atoms with Gasteiger partial charge in [-0.2, -0.15) is 13.2 Å². The highest BCUT2D eigenvalue weighted by Crippen LogP contribution is 2.17. The molecule has 12 heteroatoms. The maximum atomic E-state index is 13.0. The van der Waals surface area contributed by atoms with Crippen molar-refractivity contribution < 1.29 is 27.5 Å². The van der Waals surface area contributed by atoms with E-state index in [1.54, 1.807) is 24.5 Å². The van der Waals surface area contributed by atoms with Gasteiger partial charge < -0.3 is 15.4 Å². The zero-order chi connectivity index (χ0) is 27.0.